The molecule has 1 atom stereocenters. The van der Waals surface area contributed by atoms with E-state index in [2.05, 4.69) is 5.32 Å². The minimum atomic E-state index is -0.201. The lowest BCUT2D eigenvalue weighted by Gasteiger charge is -2.17. The molecule has 1 N–H and O–H groups in total. The van der Waals surface area contributed by atoms with Crippen molar-refractivity contribution in [2.45, 2.75) is 38.5 Å². The van der Waals surface area contributed by atoms with Crippen molar-refractivity contribution in [2.24, 2.45) is 0 Å². The first-order valence-corrected chi connectivity index (χ1v) is 3.99. The standard InChI is InChI=1S/C8H15NO2/c1-8(2)9-7(6-11-8)4-3-5-10/h5,7,9H,3-4,6H2,1-2H3/t7-/m1/s1. The highest BCUT2D eigenvalue weighted by Crippen LogP contribution is 2.16. The molecule has 0 aliphatic carbocycles. The number of aldehydes is 1. The zero-order valence-electron chi connectivity index (χ0n) is 7.09. The molecule has 1 aliphatic rings. The first kappa shape index (κ1) is 8.68. The normalized spacial score (nSPS) is 28.7. The van der Waals surface area contributed by atoms with Gasteiger partial charge in [-0.1, -0.05) is 0 Å². The fraction of sp³-hybridized carbons (Fsp3) is 0.875. The Hall–Kier alpha value is -0.410. The van der Waals surface area contributed by atoms with Crippen LogP contribution in [0.1, 0.15) is 26.7 Å². The predicted molar refractivity (Wildman–Crippen MR) is 42.3 cm³/mol. The number of hydrogen-bond acceptors (Lipinski definition) is 3. The molecule has 1 aliphatic heterocycles. The molecule has 0 unspecified atom stereocenters. The molecule has 3 heteroatoms. The highest BCUT2D eigenvalue weighted by molar-refractivity contribution is 5.49. The molecule has 64 valence electrons. The zero-order valence-corrected chi connectivity index (χ0v) is 7.09. The third kappa shape index (κ3) is 2.60. The Balaban J connectivity index is 2.24. The van der Waals surface area contributed by atoms with Crippen LogP contribution in [0.4, 0.5) is 0 Å². The molecule has 1 heterocycles. The monoisotopic (exact) mass is 157 g/mol. The number of hydrogen-bond donors (Lipinski definition) is 1. The van der Waals surface area contributed by atoms with Crippen LogP contribution in [0.3, 0.4) is 0 Å². The maximum atomic E-state index is 10.1. The van der Waals surface area contributed by atoms with Gasteiger partial charge in [-0.3, -0.25) is 5.32 Å². The van der Waals surface area contributed by atoms with E-state index in [1.54, 1.807) is 0 Å². The second-order valence-electron chi connectivity index (χ2n) is 3.41. The predicted octanol–water partition coefficient (Wildman–Crippen LogP) is 0.690. The van der Waals surface area contributed by atoms with Crippen molar-refractivity contribution in [3.63, 3.8) is 0 Å². The highest BCUT2D eigenvalue weighted by atomic mass is 16.5. The van der Waals surface area contributed by atoms with Crippen LogP contribution in [0.2, 0.25) is 0 Å². The second kappa shape index (κ2) is 3.32. The Bertz CT molecular complexity index is 145. The van der Waals surface area contributed by atoms with Crippen molar-refractivity contribution in [2.75, 3.05) is 6.61 Å². The lowest BCUT2D eigenvalue weighted by atomic mass is 10.2. The summed E-state index contributed by atoms with van der Waals surface area (Å²) in [6, 6.07) is 0.357. The van der Waals surface area contributed by atoms with E-state index in [1.807, 2.05) is 13.8 Å². The van der Waals surface area contributed by atoms with Crippen molar-refractivity contribution in [1.29, 1.82) is 0 Å². The van der Waals surface area contributed by atoms with Crippen molar-refractivity contribution in [1.82, 2.24) is 5.32 Å². The second-order valence-corrected chi connectivity index (χ2v) is 3.41. The average molecular weight is 157 g/mol. The molecular formula is C8H15NO2. The fourth-order valence-corrected chi connectivity index (χ4v) is 1.31. The van der Waals surface area contributed by atoms with Crippen LogP contribution in [0, 0.1) is 0 Å². The van der Waals surface area contributed by atoms with Gasteiger partial charge in [0, 0.05) is 12.5 Å². The smallest absolute Gasteiger partial charge is 0.120 e. The van der Waals surface area contributed by atoms with Crippen molar-refractivity contribution in [3.8, 4) is 0 Å². The summed E-state index contributed by atoms with van der Waals surface area (Å²) >= 11 is 0. The first-order valence-electron chi connectivity index (χ1n) is 3.99. The Kier molecular flexibility index (Phi) is 2.62. The Labute approximate surface area is 67.1 Å². The summed E-state index contributed by atoms with van der Waals surface area (Å²) in [6.07, 6.45) is 2.46. The van der Waals surface area contributed by atoms with Gasteiger partial charge in [0.25, 0.3) is 0 Å². The third-order valence-corrected chi connectivity index (χ3v) is 1.83. The lowest BCUT2D eigenvalue weighted by molar-refractivity contribution is -0.108. The molecule has 0 amide bonds. The molecule has 0 aromatic carbocycles. The van der Waals surface area contributed by atoms with E-state index < -0.39 is 0 Å². The van der Waals surface area contributed by atoms with Crippen LogP contribution in [0.15, 0.2) is 0 Å². The molecule has 0 aromatic rings. The number of carbonyl (C=O) groups is 1. The zero-order chi connectivity index (χ0) is 8.32. The summed E-state index contributed by atoms with van der Waals surface area (Å²) in [6.45, 7) is 4.71. The largest absolute Gasteiger partial charge is 0.360 e. The maximum absolute atomic E-state index is 10.1. The highest BCUT2D eigenvalue weighted by Gasteiger charge is 2.29. The van der Waals surface area contributed by atoms with Crippen LogP contribution < -0.4 is 5.32 Å². The number of nitrogens with one attached hydrogen (secondary N) is 1. The molecule has 1 rings (SSSR count). The van der Waals surface area contributed by atoms with Gasteiger partial charge in [0.1, 0.15) is 12.0 Å². The van der Waals surface area contributed by atoms with E-state index in [0.29, 0.717) is 12.5 Å². The number of carbonyl (C=O) groups excluding carboxylic acids is 1. The first-order chi connectivity index (χ1) is 5.14. The number of rotatable bonds is 3. The van der Waals surface area contributed by atoms with Gasteiger partial charge >= 0.3 is 0 Å². The van der Waals surface area contributed by atoms with Gasteiger partial charge in [-0.05, 0) is 20.3 Å². The molecule has 0 saturated carbocycles. The Morgan fingerprint density at radius 2 is 2.45 bits per heavy atom. The van der Waals surface area contributed by atoms with Crippen molar-refractivity contribution >= 4 is 6.29 Å². The van der Waals surface area contributed by atoms with Gasteiger partial charge in [-0.25, -0.2) is 0 Å². The van der Waals surface area contributed by atoms with E-state index >= 15 is 0 Å². The van der Waals surface area contributed by atoms with Gasteiger partial charge < -0.3 is 9.53 Å². The maximum Gasteiger partial charge on any atom is 0.120 e. The van der Waals surface area contributed by atoms with Gasteiger partial charge in [0.2, 0.25) is 0 Å². The summed E-state index contributed by atoms with van der Waals surface area (Å²) in [5, 5.41) is 3.28. The molecule has 0 aromatic heterocycles. The van der Waals surface area contributed by atoms with Gasteiger partial charge in [0.05, 0.1) is 6.61 Å². The summed E-state index contributed by atoms with van der Waals surface area (Å²) in [5.41, 5.74) is -0.201. The van der Waals surface area contributed by atoms with E-state index in [-0.39, 0.29) is 5.72 Å². The van der Waals surface area contributed by atoms with E-state index in [4.69, 9.17) is 4.74 Å². The van der Waals surface area contributed by atoms with Crippen LogP contribution in [0.25, 0.3) is 0 Å². The topological polar surface area (TPSA) is 38.3 Å². The summed E-state index contributed by atoms with van der Waals surface area (Å²) in [5.74, 6) is 0. The SMILES string of the molecule is CC1(C)N[C@H](CCC=O)CO1. The molecule has 0 spiro atoms. The molecule has 1 saturated heterocycles. The molecule has 0 bridgehead atoms. The van der Waals surface area contributed by atoms with Gasteiger partial charge in [-0.15, -0.1) is 0 Å². The summed E-state index contributed by atoms with van der Waals surface area (Å²) in [4.78, 5) is 10.1. The molecule has 3 nitrogen and oxygen atoms in total. The van der Waals surface area contributed by atoms with Gasteiger partial charge in [-0.2, -0.15) is 0 Å². The van der Waals surface area contributed by atoms with Gasteiger partial charge in [0.15, 0.2) is 0 Å². The van der Waals surface area contributed by atoms with Crippen LogP contribution >= 0.6 is 0 Å². The van der Waals surface area contributed by atoms with E-state index in [0.717, 1.165) is 19.3 Å². The number of ether oxygens (including phenoxy) is 1. The average Bonchev–Trinajstić information content (AvgIpc) is 2.26. The summed E-state index contributed by atoms with van der Waals surface area (Å²) in [7, 11) is 0. The summed E-state index contributed by atoms with van der Waals surface area (Å²) < 4.78 is 5.42. The third-order valence-electron chi connectivity index (χ3n) is 1.83. The Morgan fingerprint density at radius 3 is 2.91 bits per heavy atom. The Morgan fingerprint density at radius 1 is 1.73 bits per heavy atom. The molecule has 0 radical (unpaired) electrons. The fourth-order valence-electron chi connectivity index (χ4n) is 1.31. The van der Waals surface area contributed by atoms with Crippen molar-refractivity contribution < 1.29 is 9.53 Å². The van der Waals surface area contributed by atoms with Crippen molar-refractivity contribution in [3.05, 3.63) is 0 Å². The lowest BCUT2D eigenvalue weighted by Crippen LogP contribution is -2.38. The molecule has 1 fully saturated rings. The molecule has 11 heavy (non-hydrogen) atoms. The van der Waals surface area contributed by atoms with E-state index in [1.165, 1.54) is 0 Å². The van der Waals surface area contributed by atoms with Crippen LogP contribution in [-0.2, 0) is 9.53 Å². The molecular weight excluding hydrogens is 142 g/mol. The minimum absolute atomic E-state index is 0.201. The minimum Gasteiger partial charge on any atom is -0.360 e. The quantitative estimate of drug-likeness (QED) is 0.612. The van der Waals surface area contributed by atoms with Crippen LogP contribution in [0.5, 0.6) is 0 Å². The van der Waals surface area contributed by atoms with E-state index in [9.17, 15) is 4.79 Å². The van der Waals surface area contributed by atoms with Crippen LogP contribution in [-0.4, -0.2) is 24.7 Å².